The molecule has 4 nitrogen and oxygen atoms in total. The van der Waals surface area contributed by atoms with Gasteiger partial charge in [-0.05, 0) is 44.9 Å². The standard InChI is InChI=1S/C33H62O4/c1-3-5-7-9-10-11-12-13-14-15-16-17-18-19-20-21-22-23-24-25-27-29-33(36)37-31(30-32(34)35)28-26-8-6-4-2/h13-14,31H,3-12,15-30H2,1-2H3,(H,34,35)/b14-13-. The molecule has 0 fully saturated rings. The van der Waals surface area contributed by atoms with Crippen molar-refractivity contribution >= 4 is 11.9 Å². The van der Waals surface area contributed by atoms with Gasteiger partial charge in [-0.3, -0.25) is 9.59 Å². The van der Waals surface area contributed by atoms with Crippen LogP contribution in [-0.4, -0.2) is 23.1 Å². The highest BCUT2D eigenvalue weighted by Gasteiger charge is 2.17. The van der Waals surface area contributed by atoms with Crippen LogP contribution in [0.25, 0.3) is 0 Å². The van der Waals surface area contributed by atoms with Crippen LogP contribution >= 0.6 is 0 Å². The van der Waals surface area contributed by atoms with Gasteiger partial charge in [0, 0.05) is 6.42 Å². The largest absolute Gasteiger partial charge is 0.481 e. The van der Waals surface area contributed by atoms with Crippen LogP contribution in [0, 0.1) is 0 Å². The first-order valence-corrected chi connectivity index (χ1v) is 16.2. The number of carbonyl (C=O) groups excluding carboxylic acids is 1. The number of hydrogen-bond donors (Lipinski definition) is 1. The van der Waals surface area contributed by atoms with Crippen LogP contribution in [-0.2, 0) is 14.3 Å². The summed E-state index contributed by atoms with van der Waals surface area (Å²) < 4.78 is 5.46. The summed E-state index contributed by atoms with van der Waals surface area (Å²) >= 11 is 0. The molecule has 0 saturated carbocycles. The smallest absolute Gasteiger partial charge is 0.307 e. The number of hydrogen-bond acceptors (Lipinski definition) is 3. The van der Waals surface area contributed by atoms with E-state index in [0.717, 1.165) is 38.5 Å². The van der Waals surface area contributed by atoms with Crippen LogP contribution in [0.15, 0.2) is 12.2 Å². The molecule has 0 aliphatic carbocycles. The van der Waals surface area contributed by atoms with E-state index >= 15 is 0 Å². The van der Waals surface area contributed by atoms with Crippen molar-refractivity contribution < 1.29 is 19.4 Å². The van der Waals surface area contributed by atoms with E-state index in [-0.39, 0.29) is 12.4 Å². The Morgan fingerprint density at radius 1 is 0.595 bits per heavy atom. The zero-order valence-corrected chi connectivity index (χ0v) is 24.8. The molecule has 0 aliphatic heterocycles. The van der Waals surface area contributed by atoms with Gasteiger partial charge in [-0.2, -0.15) is 0 Å². The Kier molecular flexibility index (Phi) is 28.2. The Morgan fingerprint density at radius 3 is 1.46 bits per heavy atom. The minimum Gasteiger partial charge on any atom is -0.481 e. The maximum Gasteiger partial charge on any atom is 0.307 e. The van der Waals surface area contributed by atoms with Gasteiger partial charge in [0.2, 0.25) is 0 Å². The first kappa shape index (κ1) is 35.7. The van der Waals surface area contributed by atoms with E-state index in [1.807, 2.05) is 0 Å². The third-order valence-electron chi connectivity index (χ3n) is 7.22. The van der Waals surface area contributed by atoms with Crippen molar-refractivity contribution in [3.05, 3.63) is 12.2 Å². The van der Waals surface area contributed by atoms with Crippen molar-refractivity contribution in [1.82, 2.24) is 0 Å². The minimum atomic E-state index is -0.889. The molecule has 37 heavy (non-hydrogen) atoms. The fraction of sp³-hybridized carbons (Fsp3) is 0.879. The summed E-state index contributed by atoms with van der Waals surface area (Å²) in [6.45, 7) is 4.42. The van der Waals surface area contributed by atoms with Gasteiger partial charge in [0.25, 0.3) is 0 Å². The van der Waals surface area contributed by atoms with Gasteiger partial charge in [0.1, 0.15) is 6.10 Å². The number of aliphatic carboxylic acids is 1. The Labute approximate surface area is 230 Å². The molecule has 1 unspecified atom stereocenters. The number of carbonyl (C=O) groups is 2. The van der Waals surface area contributed by atoms with Gasteiger partial charge >= 0.3 is 11.9 Å². The van der Waals surface area contributed by atoms with E-state index in [9.17, 15) is 9.59 Å². The van der Waals surface area contributed by atoms with Crippen molar-refractivity contribution in [3.8, 4) is 0 Å². The SMILES string of the molecule is CCCCCCCC/C=C\CCCCCCCCCCCCCC(=O)OC(CCCCCC)CC(=O)O. The van der Waals surface area contributed by atoms with E-state index in [4.69, 9.17) is 9.84 Å². The summed E-state index contributed by atoms with van der Waals surface area (Å²) in [7, 11) is 0. The third-order valence-corrected chi connectivity index (χ3v) is 7.22. The van der Waals surface area contributed by atoms with Gasteiger partial charge in [-0.1, -0.05) is 135 Å². The Bertz CT molecular complexity index is 528. The molecule has 1 N–H and O–H groups in total. The molecule has 0 aromatic rings. The average molecular weight is 523 g/mol. The average Bonchev–Trinajstić information content (AvgIpc) is 2.87. The normalized spacial score (nSPS) is 12.3. The fourth-order valence-electron chi connectivity index (χ4n) is 4.84. The number of ether oxygens (including phenoxy) is 1. The first-order valence-electron chi connectivity index (χ1n) is 16.2. The molecule has 0 aromatic carbocycles. The molecule has 0 radical (unpaired) electrons. The molecular weight excluding hydrogens is 460 g/mol. The summed E-state index contributed by atoms with van der Waals surface area (Å²) in [5.74, 6) is -1.12. The highest BCUT2D eigenvalue weighted by Crippen LogP contribution is 2.15. The number of allylic oxidation sites excluding steroid dienone is 2. The third kappa shape index (κ3) is 29.1. The van der Waals surface area contributed by atoms with Crippen LogP contribution < -0.4 is 0 Å². The number of carboxylic acids is 1. The maximum atomic E-state index is 12.1. The van der Waals surface area contributed by atoms with Crippen molar-refractivity contribution in [3.63, 3.8) is 0 Å². The van der Waals surface area contributed by atoms with Gasteiger partial charge in [0.15, 0.2) is 0 Å². The van der Waals surface area contributed by atoms with Crippen molar-refractivity contribution in [2.75, 3.05) is 0 Å². The van der Waals surface area contributed by atoms with Crippen molar-refractivity contribution in [1.29, 1.82) is 0 Å². The first-order chi connectivity index (χ1) is 18.1. The molecule has 218 valence electrons. The second kappa shape index (κ2) is 29.2. The van der Waals surface area contributed by atoms with E-state index in [0.29, 0.717) is 12.8 Å². The second-order valence-corrected chi connectivity index (χ2v) is 11.0. The Morgan fingerprint density at radius 2 is 1.00 bits per heavy atom. The highest BCUT2D eigenvalue weighted by molar-refractivity contribution is 5.71. The van der Waals surface area contributed by atoms with Crippen LogP contribution in [0.4, 0.5) is 0 Å². The van der Waals surface area contributed by atoms with E-state index in [1.165, 1.54) is 109 Å². The lowest BCUT2D eigenvalue weighted by molar-refractivity contribution is -0.153. The summed E-state index contributed by atoms with van der Waals surface area (Å²) in [6, 6.07) is 0. The summed E-state index contributed by atoms with van der Waals surface area (Å²) in [5.41, 5.74) is 0. The lowest BCUT2D eigenvalue weighted by Crippen LogP contribution is -2.21. The molecule has 0 aromatic heterocycles. The molecule has 0 spiro atoms. The zero-order chi connectivity index (χ0) is 27.2. The molecule has 0 amide bonds. The van der Waals surface area contributed by atoms with E-state index < -0.39 is 12.1 Å². The van der Waals surface area contributed by atoms with Crippen LogP contribution in [0.1, 0.15) is 181 Å². The molecular formula is C33H62O4. The van der Waals surface area contributed by atoms with Crippen molar-refractivity contribution in [2.45, 2.75) is 187 Å². The van der Waals surface area contributed by atoms with Gasteiger partial charge in [-0.25, -0.2) is 0 Å². The zero-order valence-electron chi connectivity index (χ0n) is 24.8. The maximum absolute atomic E-state index is 12.1. The molecule has 0 aliphatic rings. The monoisotopic (exact) mass is 522 g/mol. The number of rotatable bonds is 29. The summed E-state index contributed by atoms with van der Waals surface area (Å²) in [6.07, 6.45) is 34.2. The molecule has 0 rings (SSSR count). The van der Waals surface area contributed by atoms with Gasteiger partial charge in [-0.15, -0.1) is 0 Å². The molecule has 0 bridgehead atoms. The topological polar surface area (TPSA) is 63.6 Å². The second-order valence-electron chi connectivity index (χ2n) is 11.0. The van der Waals surface area contributed by atoms with Gasteiger partial charge < -0.3 is 9.84 Å². The van der Waals surface area contributed by atoms with Crippen molar-refractivity contribution in [2.24, 2.45) is 0 Å². The Hall–Kier alpha value is -1.32. The van der Waals surface area contributed by atoms with E-state index in [1.54, 1.807) is 0 Å². The number of carboxylic acid groups (broad SMARTS) is 1. The molecule has 0 heterocycles. The number of unbranched alkanes of at least 4 members (excludes halogenated alkanes) is 20. The van der Waals surface area contributed by atoms with Crippen LogP contribution in [0.3, 0.4) is 0 Å². The lowest BCUT2D eigenvalue weighted by Gasteiger charge is -2.16. The van der Waals surface area contributed by atoms with Crippen LogP contribution in [0.5, 0.6) is 0 Å². The number of esters is 1. The van der Waals surface area contributed by atoms with Crippen LogP contribution in [0.2, 0.25) is 0 Å². The van der Waals surface area contributed by atoms with E-state index in [2.05, 4.69) is 26.0 Å². The molecule has 0 saturated heterocycles. The Balaban J connectivity index is 3.45. The fourth-order valence-corrected chi connectivity index (χ4v) is 4.84. The highest BCUT2D eigenvalue weighted by atomic mass is 16.5. The predicted octanol–water partition coefficient (Wildman–Crippen LogP) is 10.7. The molecule has 1 atom stereocenters. The quantitative estimate of drug-likeness (QED) is 0.0602. The lowest BCUT2D eigenvalue weighted by atomic mass is 10.0. The predicted molar refractivity (Wildman–Crippen MR) is 158 cm³/mol. The molecule has 4 heteroatoms. The summed E-state index contributed by atoms with van der Waals surface area (Å²) in [5, 5.41) is 9.06. The van der Waals surface area contributed by atoms with Gasteiger partial charge in [0.05, 0.1) is 6.42 Å². The minimum absolute atomic E-state index is 0.0752. The summed E-state index contributed by atoms with van der Waals surface area (Å²) in [4.78, 5) is 23.1.